The summed E-state index contributed by atoms with van der Waals surface area (Å²) in [5.41, 5.74) is 4.32. The number of hydrogen-bond acceptors (Lipinski definition) is 1. The Bertz CT molecular complexity index is 777. The van der Waals surface area contributed by atoms with Crippen molar-refractivity contribution in [2.75, 3.05) is 0 Å². The number of aromatic nitrogens is 2. The number of imidazole rings is 1. The molecule has 0 bridgehead atoms. The summed E-state index contributed by atoms with van der Waals surface area (Å²) in [6.07, 6.45) is 0. The van der Waals surface area contributed by atoms with E-state index in [0.717, 1.165) is 27.0 Å². The van der Waals surface area contributed by atoms with Crippen molar-refractivity contribution in [3.63, 3.8) is 0 Å². The van der Waals surface area contributed by atoms with Crippen LogP contribution in [-0.4, -0.2) is 9.55 Å². The van der Waals surface area contributed by atoms with Gasteiger partial charge < -0.3 is 0 Å². The van der Waals surface area contributed by atoms with Gasteiger partial charge in [0, 0.05) is 10.2 Å². The lowest BCUT2D eigenvalue weighted by Crippen LogP contribution is -2.02. The molecule has 3 rings (SSSR count). The van der Waals surface area contributed by atoms with Crippen LogP contribution in [0.3, 0.4) is 0 Å². The number of hydrogen-bond donors (Lipinski definition) is 0. The van der Waals surface area contributed by atoms with Crippen LogP contribution in [0.4, 0.5) is 0 Å². The van der Waals surface area contributed by atoms with Gasteiger partial charge in [-0.3, -0.25) is 4.57 Å². The third-order valence-corrected chi connectivity index (χ3v) is 4.43. The molecular weight excluding hydrogens is 336 g/mol. The molecule has 0 radical (unpaired) electrons. The Morgan fingerprint density at radius 3 is 2.65 bits per heavy atom. The molecule has 2 nitrogen and oxygen atoms in total. The number of alkyl halides is 1. The van der Waals surface area contributed by atoms with Crippen molar-refractivity contribution in [3.8, 4) is 5.69 Å². The molecule has 1 atom stereocenters. The zero-order valence-corrected chi connectivity index (χ0v) is 13.6. The SMILES string of the molecule is Cc1cc(-n2c(C(C)Cl)nc3ccccc32)ccc1Br. The zero-order valence-electron chi connectivity index (χ0n) is 11.3. The van der Waals surface area contributed by atoms with Crippen LogP contribution < -0.4 is 0 Å². The Hall–Kier alpha value is -1.32. The fourth-order valence-corrected chi connectivity index (χ4v) is 2.74. The van der Waals surface area contributed by atoms with E-state index in [1.807, 2.05) is 25.1 Å². The molecule has 1 aromatic heterocycles. The number of rotatable bonds is 2. The minimum Gasteiger partial charge on any atom is -0.295 e. The van der Waals surface area contributed by atoms with Gasteiger partial charge in [-0.1, -0.05) is 28.1 Å². The Labute approximate surface area is 131 Å². The molecule has 4 heteroatoms. The normalized spacial score (nSPS) is 12.8. The summed E-state index contributed by atoms with van der Waals surface area (Å²) in [7, 11) is 0. The fraction of sp³-hybridized carbons (Fsp3) is 0.188. The maximum absolute atomic E-state index is 6.31. The molecule has 0 fully saturated rings. The maximum atomic E-state index is 6.31. The van der Waals surface area contributed by atoms with E-state index in [1.165, 1.54) is 5.56 Å². The van der Waals surface area contributed by atoms with Crippen LogP contribution in [-0.2, 0) is 0 Å². The third-order valence-electron chi connectivity index (χ3n) is 3.34. The van der Waals surface area contributed by atoms with Crippen molar-refractivity contribution < 1.29 is 0 Å². The molecule has 2 aromatic carbocycles. The van der Waals surface area contributed by atoms with Crippen LogP contribution in [0, 0.1) is 6.92 Å². The highest BCUT2D eigenvalue weighted by Gasteiger charge is 2.16. The second-order valence-corrected chi connectivity index (χ2v) is 6.35. The van der Waals surface area contributed by atoms with E-state index in [0.29, 0.717) is 0 Å². The molecule has 1 heterocycles. The number of benzene rings is 2. The number of aryl methyl sites for hydroxylation is 1. The first-order chi connectivity index (χ1) is 9.58. The molecule has 0 N–H and O–H groups in total. The van der Waals surface area contributed by atoms with Crippen LogP contribution in [0.5, 0.6) is 0 Å². The van der Waals surface area contributed by atoms with Gasteiger partial charge >= 0.3 is 0 Å². The Morgan fingerprint density at radius 2 is 1.95 bits per heavy atom. The summed E-state index contributed by atoms with van der Waals surface area (Å²) in [6.45, 7) is 4.03. The minimum absolute atomic E-state index is 0.147. The number of fused-ring (bicyclic) bond motifs is 1. The summed E-state index contributed by atoms with van der Waals surface area (Å²) in [5.74, 6) is 0.870. The molecule has 0 saturated heterocycles. The molecule has 3 aromatic rings. The van der Waals surface area contributed by atoms with E-state index in [2.05, 4.69) is 56.7 Å². The lowest BCUT2D eigenvalue weighted by molar-refractivity contribution is 0.881. The standard InChI is InChI=1S/C16H14BrClN2/c1-10-9-12(7-8-13(10)17)20-15-6-4-3-5-14(15)19-16(20)11(2)18/h3-9,11H,1-2H3. The minimum atomic E-state index is -0.147. The summed E-state index contributed by atoms with van der Waals surface area (Å²) in [5, 5.41) is -0.147. The van der Waals surface area contributed by atoms with Crippen molar-refractivity contribution in [3.05, 3.63) is 58.3 Å². The van der Waals surface area contributed by atoms with Crippen molar-refractivity contribution in [2.45, 2.75) is 19.2 Å². The maximum Gasteiger partial charge on any atom is 0.132 e. The van der Waals surface area contributed by atoms with Crippen LogP contribution >= 0.6 is 27.5 Å². The summed E-state index contributed by atoms with van der Waals surface area (Å²) >= 11 is 9.85. The van der Waals surface area contributed by atoms with Crippen molar-refractivity contribution >= 4 is 38.6 Å². The largest absolute Gasteiger partial charge is 0.295 e. The highest BCUT2D eigenvalue weighted by atomic mass is 79.9. The first-order valence-corrected chi connectivity index (χ1v) is 7.69. The molecule has 0 aliphatic carbocycles. The van der Waals surface area contributed by atoms with Gasteiger partial charge in [0.05, 0.1) is 16.4 Å². The molecule has 20 heavy (non-hydrogen) atoms. The Kier molecular flexibility index (Phi) is 3.57. The predicted molar refractivity (Wildman–Crippen MR) is 87.8 cm³/mol. The number of halogens is 2. The lowest BCUT2D eigenvalue weighted by atomic mass is 10.2. The molecular formula is C16H14BrClN2. The van der Waals surface area contributed by atoms with Gasteiger partial charge in [0.2, 0.25) is 0 Å². The van der Waals surface area contributed by atoms with Gasteiger partial charge in [0.25, 0.3) is 0 Å². The molecule has 0 spiro atoms. The molecule has 0 amide bonds. The average Bonchev–Trinajstić information content (AvgIpc) is 2.81. The van der Waals surface area contributed by atoms with Crippen LogP contribution in [0.25, 0.3) is 16.7 Å². The lowest BCUT2D eigenvalue weighted by Gasteiger charge is -2.12. The topological polar surface area (TPSA) is 17.8 Å². The second-order valence-electron chi connectivity index (χ2n) is 4.84. The van der Waals surface area contributed by atoms with Gasteiger partial charge in [-0.15, -0.1) is 11.6 Å². The smallest absolute Gasteiger partial charge is 0.132 e. The van der Waals surface area contributed by atoms with Gasteiger partial charge in [0.1, 0.15) is 5.82 Å². The summed E-state index contributed by atoms with van der Waals surface area (Å²) in [4.78, 5) is 4.66. The van der Waals surface area contributed by atoms with E-state index >= 15 is 0 Å². The molecule has 0 aliphatic rings. The van der Waals surface area contributed by atoms with Gasteiger partial charge in [0.15, 0.2) is 0 Å². The summed E-state index contributed by atoms with van der Waals surface area (Å²) in [6, 6.07) is 14.4. The van der Waals surface area contributed by atoms with E-state index in [-0.39, 0.29) is 5.38 Å². The molecule has 1 unspecified atom stereocenters. The Morgan fingerprint density at radius 1 is 1.20 bits per heavy atom. The second kappa shape index (κ2) is 5.23. The third kappa shape index (κ3) is 2.25. The highest BCUT2D eigenvalue weighted by molar-refractivity contribution is 9.10. The van der Waals surface area contributed by atoms with E-state index < -0.39 is 0 Å². The average molecular weight is 350 g/mol. The zero-order chi connectivity index (χ0) is 14.3. The van der Waals surface area contributed by atoms with Gasteiger partial charge in [-0.2, -0.15) is 0 Å². The van der Waals surface area contributed by atoms with Crippen LogP contribution in [0.1, 0.15) is 23.7 Å². The van der Waals surface area contributed by atoms with Crippen LogP contribution in [0.2, 0.25) is 0 Å². The molecule has 0 saturated carbocycles. The first-order valence-electron chi connectivity index (χ1n) is 6.46. The Balaban J connectivity index is 2.33. The monoisotopic (exact) mass is 348 g/mol. The predicted octanol–water partition coefficient (Wildman–Crippen LogP) is 5.40. The number of para-hydroxylation sites is 2. The van der Waals surface area contributed by atoms with E-state index in [4.69, 9.17) is 11.6 Å². The van der Waals surface area contributed by atoms with E-state index in [1.54, 1.807) is 0 Å². The van der Waals surface area contributed by atoms with Crippen molar-refractivity contribution in [1.29, 1.82) is 0 Å². The number of nitrogens with zero attached hydrogens (tertiary/aromatic N) is 2. The van der Waals surface area contributed by atoms with Crippen molar-refractivity contribution in [2.24, 2.45) is 0 Å². The van der Waals surface area contributed by atoms with Gasteiger partial charge in [-0.25, -0.2) is 4.98 Å². The quantitative estimate of drug-likeness (QED) is 0.567. The molecule has 102 valence electrons. The van der Waals surface area contributed by atoms with E-state index in [9.17, 15) is 0 Å². The van der Waals surface area contributed by atoms with Crippen molar-refractivity contribution in [1.82, 2.24) is 9.55 Å². The molecule has 0 aliphatic heterocycles. The highest BCUT2D eigenvalue weighted by Crippen LogP contribution is 2.29. The first kappa shape index (κ1) is 13.7. The summed E-state index contributed by atoms with van der Waals surface area (Å²) < 4.78 is 3.23. The van der Waals surface area contributed by atoms with Gasteiger partial charge in [-0.05, 0) is 49.7 Å². The van der Waals surface area contributed by atoms with Crippen LogP contribution in [0.15, 0.2) is 46.9 Å². The fourth-order valence-electron chi connectivity index (χ4n) is 2.35.